The van der Waals surface area contributed by atoms with Gasteiger partial charge < -0.3 is 9.72 Å². The molecule has 130 valence electrons. The topological polar surface area (TPSA) is 78.8 Å². The van der Waals surface area contributed by atoms with E-state index in [1.54, 1.807) is 31.4 Å². The Morgan fingerprint density at radius 2 is 1.96 bits per heavy atom. The van der Waals surface area contributed by atoms with Crippen LogP contribution in [0, 0.1) is 11.3 Å². The number of nitrogens with one attached hydrogen (secondary N) is 1. The first kappa shape index (κ1) is 18.1. The van der Waals surface area contributed by atoms with Crippen LogP contribution in [0.2, 0.25) is 5.02 Å². The van der Waals surface area contributed by atoms with Gasteiger partial charge in [0.1, 0.15) is 17.4 Å². The number of ether oxygens (including phenoxy) is 1. The Balaban J connectivity index is 1.95. The molecule has 1 aromatic heterocycles. The first-order valence-corrected chi connectivity index (χ1v) is 9.03. The number of thioether (sulfide) groups is 1. The molecule has 0 atom stereocenters. The van der Waals surface area contributed by atoms with Crippen molar-refractivity contribution in [3.05, 3.63) is 75.0 Å². The molecule has 7 heteroatoms. The van der Waals surface area contributed by atoms with E-state index in [0.29, 0.717) is 32.9 Å². The highest BCUT2D eigenvalue weighted by Gasteiger charge is 2.14. The normalized spacial score (nSPS) is 10.3. The zero-order chi connectivity index (χ0) is 18.5. The number of hydrogen-bond donors (Lipinski definition) is 1. The van der Waals surface area contributed by atoms with Crippen molar-refractivity contribution in [3.8, 4) is 23.1 Å². The summed E-state index contributed by atoms with van der Waals surface area (Å²) in [6.07, 6.45) is 0. The van der Waals surface area contributed by atoms with Gasteiger partial charge in [-0.2, -0.15) is 5.26 Å². The largest absolute Gasteiger partial charge is 0.497 e. The molecule has 0 spiro atoms. The van der Waals surface area contributed by atoms with Crippen LogP contribution in [0.5, 0.6) is 5.75 Å². The van der Waals surface area contributed by atoms with Gasteiger partial charge in [-0.3, -0.25) is 4.79 Å². The summed E-state index contributed by atoms with van der Waals surface area (Å²) in [5, 5.41) is 10.4. The summed E-state index contributed by atoms with van der Waals surface area (Å²) >= 11 is 7.52. The van der Waals surface area contributed by atoms with E-state index in [1.807, 2.05) is 30.3 Å². The predicted octanol–water partition coefficient (Wildman–Crippen LogP) is 4.26. The molecule has 3 aromatic rings. The van der Waals surface area contributed by atoms with Gasteiger partial charge in [0.15, 0.2) is 5.16 Å². The van der Waals surface area contributed by atoms with Gasteiger partial charge in [0, 0.05) is 16.3 Å². The van der Waals surface area contributed by atoms with Gasteiger partial charge in [0.05, 0.1) is 12.8 Å². The first-order valence-electron chi connectivity index (χ1n) is 7.67. The van der Waals surface area contributed by atoms with Gasteiger partial charge >= 0.3 is 0 Å². The summed E-state index contributed by atoms with van der Waals surface area (Å²) < 4.78 is 5.14. The van der Waals surface area contributed by atoms with Crippen LogP contribution in [-0.2, 0) is 5.75 Å². The van der Waals surface area contributed by atoms with E-state index in [2.05, 4.69) is 9.97 Å². The molecular weight excluding hydrogens is 370 g/mol. The van der Waals surface area contributed by atoms with Crippen LogP contribution < -0.4 is 10.3 Å². The number of nitriles is 1. The molecule has 0 aliphatic heterocycles. The second kappa shape index (κ2) is 8.09. The van der Waals surface area contributed by atoms with Crippen LogP contribution in [0.3, 0.4) is 0 Å². The van der Waals surface area contributed by atoms with Crippen LogP contribution in [0.1, 0.15) is 11.1 Å². The van der Waals surface area contributed by atoms with Crippen LogP contribution in [0.25, 0.3) is 11.3 Å². The Hall–Kier alpha value is -2.75. The van der Waals surface area contributed by atoms with Crippen molar-refractivity contribution < 1.29 is 4.74 Å². The minimum atomic E-state index is -0.463. The lowest BCUT2D eigenvalue weighted by Gasteiger charge is -2.08. The molecule has 5 nitrogen and oxygen atoms in total. The predicted molar refractivity (Wildman–Crippen MR) is 103 cm³/mol. The third kappa shape index (κ3) is 3.90. The molecule has 26 heavy (non-hydrogen) atoms. The molecule has 0 unspecified atom stereocenters. The Morgan fingerprint density at radius 1 is 1.23 bits per heavy atom. The average Bonchev–Trinajstić information content (AvgIpc) is 2.67. The number of rotatable bonds is 5. The monoisotopic (exact) mass is 383 g/mol. The third-order valence-electron chi connectivity index (χ3n) is 3.70. The first-order chi connectivity index (χ1) is 12.6. The van der Waals surface area contributed by atoms with Gasteiger partial charge in [-0.1, -0.05) is 41.6 Å². The van der Waals surface area contributed by atoms with Gasteiger partial charge in [-0.15, -0.1) is 0 Å². The standard InChI is InChI=1S/C19H14ClN3O2S/c1-25-14-8-6-12(7-9-14)17-15(10-21)18(24)23-19(22-17)26-11-13-4-2-3-5-16(13)20/h2-9H,11H2,1H3,(H,22,23,24). The Kier molecular flexibility index (Phi) is 5.61. The van der Waals surface area contributed by atoms with E-state index in [9.17, 15) is 10.1 Å². The number of nitrogens with zero attached hydrogens (tertiary/aromatic N) is 2. The molecule has 0 aliphatic carbocycles. The fourth-order valence-corrected chi connectivity index (χ4v) is 3.49. The van der Waals surface area contributed by atoms with Crippen LogP contribution in [0.15, 0.2) is 58.5 Å². The fourth-order valence-electron chi connectivity index (χ4n) is 2.34. The number of hydrogen-bond acceptors (Lipinski definition) is 5. The van der Waals surface area contributed by atoms with Gasteiger partial charge in [-0.25, -0.2) is 4.98 Å². The van der Waals surface area contributed by atoms with Crippen LogP contribution in [-0.4, -0.2) is 17.1 Å². The molecule has 1 heterocycles. The van der Waals surface area contributed by atoms with Crippen LogP contribution in [0.4, 0.5) is 0 Å². The number of methoxy groups -OCH3 is 1. The van der Waals surface area contributed by atoms with Crippen molar-refractivity contribution in [1.82, 2.24) is 9.97 Å². The summed E-state index contributed by atoms with van der Waals surface area (Å²) in [5.41, 5.74) is 1.48. The van der Waals surface area contributed by atoms with Crippen molar-refractivity contribution in [2.75, 3.05) is 7.11 Å². The van der Waals surface area contributed by atoms with Crippen molar-refractivity contribution in [3.63, 3.8) is 0 Å². The van der Waals surface area contributed by atoms with E-state index in [-0.39, 0.29) is 5.56 Å². The Bertz CT molecular complexity index is 1030. The Morgan fingerprint density at radius 3 is 2.62 bits per heavy atom. The molecule has 0 bridgehead atoms. The molecule has 0 saturated carbocycles. The second-order valence-electron chi connectivity index (χ2n) is 5.32. The van der Waals surface area contributed by atoms with Gasteiger partial charge in [0.2, 0.25) is 0 Å². The third-order valence-corrected chi connectivity index (χ3v) is 4.99. The highest BCUT2D eigenvalue weighted by molar-refractivity contribution is 7.98. The number of H-pyrrole nitrogens is 1. The van der Waals surface area contributed by atoms with Crippen molar-refractivity contribution in [1.29, 1.82) is 5.26 Å². The minimum Gasteiger partial charge on any atom is -0.497 e. The molecule has 0 radical (unpaired) electrons. The number of benzene rings is 2. The molecule has 0 fully saturated rings. The highest BCUT2D eigenvalue weighted by atomic mass is 35.5. The maximum atomic E-state index is 12.3. The minimum absolute atomic E-state index is 0.0164. The van der Waals surface area contributed by atoms with Gasteiger partial charge in [-0.05, 0) is 35.9 Å². The summed E-state index contributed by atoms with van der Waals surface area (Å²) in [5.74, 6) is 1.24. The molecule has 2 aromatic carbocycles. The SMILES string of the molecule is COc1ccc(-c2nc(SCc3ccccc3Cl)[nH]c(=O)c2C#N)cc1. The lowest BCUT2D eigenvalue weighted by molar-refractivity contribution is 0.415. The average molecular weight is 384 g/mol. The fraction of sp³-hybridized carbons (Fsp3) is 0.105. The number of aromatic amines is 1. The van der Waals surface area contributed by atoms with Crippen molar-refractivity contribution in [2.24, 2.45) is 0 Å². The molecular formula is C19H14ClN3O2S. The highest BCUT2D eigenvalue weighted by Crippen LogP contribution is 2.27. The summed E-state index contributed by atoms with van der Waals surface area (Å²) in [6, 6.07) is 16.5. The molecule has 3 rings (SSSR count). The lowest BCUT2D eigenvalue weighted by atomic mass is 10.1. The number of aromatic nitrogens is 2. The van der Waals surface area contributed by atoms with E-state index < -0.39 is 5.56 Å². The maximum absolute atomic E-state index is 12.3. The molecule has 0 saturated heterocycles. The molecule has 1 N–H and O–H groups in total. The summed E-state index contributed by atoms with van der Waals surface area (Å²) in [7, 11) is 1.57. The van der Waals surface area contributed by atoms with Crippen LogP contribution >= 0.6 is 23.4 Å². The van der Waals surface area contributed by atoms with E-state index >= 15 is 0 Å². The Labute approximate surface area is 159 Å². The summed E-state index contributed by atoms with van der Waals surface area (Å²) in [4.78, 5) is 19.4. The van der Waals surface area contributed by atoms with Gasteiger partial charge in [0.25, 0.3) is 5.56 Å². The summed E-state index contributed by atoms with van der Waals surface area (Å²) in [6.45, 7) is 0. The van der Waals surface area contributed by atoms with Crippen molar-refractivity contribution in [2.45, 2.75) is 10.9 Å². The van der Waals surface area contributed by atoms with E-state index in [1.165, 1.54) is 11.8 Å². The second-order valence-corrected chi connectivity index (χ2v) is 6.69. The zero-order valence-electron chi connectivity index (χ0n) is 13.8. The molecule has 0 aliphatic rings. The molecule has 0 amide bonds. The van der Waals surface area contributed by atoms with Crippen molar-refractivity contribution >= 4 is 23.4 Å². The quantitative estimate of drug-likeness (QED) is 0.526. The number of halogens is 1. The smallest absolute Gasteiger partial charge is 0.270 e. The van der Waals surface area contributed by atoms with E-state index in [4.69, 9.17) is 16.3 Å². The maximum Gasteiger partial charge on any atom is 0.270 e. The van der Waals surface area contributed by atoms with E-state index in [0.717, 1.165) is 5.56 Å². The zero-order valence-corrected chi connectivity index (χ0v) is 15.4. The lowest BCUT2D eigenvalue weighted by Crippen LogP contribution is -2.14.